The molecule has 0 radical (unpaired) electrons. The summed E-state index contributed by atoms with van der Waals surface area (Å²) >= 11 is 11.6. The lowest BCUT2D eigenvalue weighted by Gasteiger charge is -2.24. The molecule has 0 spiro atoms. The molecule has 3 aromatic rings. The Labute approximate surface area is 206 Å². The third-order valence-corrected chi connectivity index (χ3v) is 6.09. The molecule has 0 unspecified atom stereocenters. The summed E-state index contributed by atoms with van der Waals surface area (Å²) in [4.78, 5) is 29.4. The fourth-order valence-corrected chi connectivity index (χ4v) is 4.20. The summed E-state index contributed by atoms with van der Waals surface area (Å²) in [5, 5.41) is 3.61. The SMILES string of the molecule is COc1ccc(N2C(=O)[C@H](CC(=O)Nc3ccc(Cl)cc3)N(Cc3ccc(F)cc3)C2=S)cc1. The van der Waals surface area contributed by atoms with Crippen LogP contribution < -0.4 is 15.0 Å². The first-order valence-electron chi connectivity index (χ1n) is 10.4. The Bertz CT molecular complexity index is 1200. The number of carbonyl (C=O) groups excluding carboxylic acids is 2. The fourth-order valence-electron chi connectivity index (χ4n) is 3.69. The summed E-state index contributed by atoms with van der Waals surface area (Å²) in [6.45, 7) is 0.246. The van der Waals surface area contributed by atoms with Crippen molar-refractivity contribution in [3.63, 3.8) is 0 Å². The second kappa shape index (κ2) is 10.2. The van der Waals surface area contributed by atoms with E-state index in [0.29, 0.717) is 22.1 Å². The van der Waals surface area contributed by atoms with Crippen LogP contribution in [-0.4, -0.2) is 35.0 Å². The number of benzene rings is 3. The molecule has 2 amide bonds. The van der Waals surface area contributed by atoms with Gasteiger partial charge in [-0.3, -0.25) is 14.5 Å². The van der Waals surface area contributed by atoms with Crippen molar-refractivity contribution in [2.75, 3.05) is 17.3 Å². The molecule has 1 fully saturated rings. The van der Waals surface area contributed by atoms with Gasteiger partial charge in [-0.1, -0.05) is 23.7 Å². The number of amides is 2. The van der Waals surface area contributed by atoms with Gasteiger partial charge in [0.2, 0.25) is 5.91 Å². The number of carbonyl (C=O) groups is 2. The van der Waals surface area contributed by atoms with E-state index in [2.05, 4.69) is 5.32 Å². The second-order valence-electron chi connectivity index (χ2n) is 7.68. The van der Waals surface area contributed by atoms with Gasteiger partial charge in [-0.05, 0) is 78.4 Å². The first kappa shape index (κ1) is 23.7. The van der Waals surface area contributed by atoms with Crippen molar-refractivity contribution in [3.8, 4) is 5.75 Å². The van der Waals surface area contributed by atoms with E-state index in [4.69, 9.17) is 28.6 Å². The number of methoxy groups -OCH3 is 1. The molecule has 1 atom stereocenters. The van der Waals surface area contributed by atoms with Gasteiger partial charge in [0, 0.05) is 17.3 Å². The molecule has 6 nitrogen and oxygen atoms in total. The highest BCUT2D eigenvalue weighted by atomic mass is 35.5. The maximum Gasteiger partial charge on any atom is 0.256 e. The van der Waals surface area contributed by atoms with Crippen molar-refractivity contribution in [1.29, 1.82) is 0 Å². The number of thiocarbonyl (C=S) groups is 1. The van der Waals surface area contributed by atoms with Crippen molar-refractivity contribution in [2.45, 2.75) is 19.0 Å². The Balaban J connectivity index is 1.59. The van der Waals surface area contributed by atoms with Gasteiger partial charge in [0.15, 0.2) is 5.11 Å². The lowest BCUT2D eigenvalue weighted by molar-refractivity contribution is -0.124. The molecule has 0 saturated carbocycles. The van der Waals surface area contributed by atoms with E-state index in [1.165, 1.54) is 17.0 Å². The molecule has 174 valence electrons. The smallest absolute Gasteiger partial charge is 0.256 e. The summed E-state index contributed by atoms with van der Waals surface area (Å²) in [5.41, 5.74) is 1.90. The predicted octanol–water partition coefficient (Wildman–Crippen LogP) is 5.02. The van der Waals surface area contributed by atoms with Gasteiger partial charge < -0.3 is 15.0 Å². The van der Waals surface area contributed by atoms with Gasteiger partial charge in [0.25, 0.3) is 5.91 Å². The molecule has 1 aliphatic heterocycles. The third kappa shape index (κ3) is 5.18. The Kier molecular flexibility index (Phi) is 7.09. The summed E-state index contributed by atoms with van der Waals surface area (Å²) in [6, 6.07) is 18.7. The van der Waals surface area contributed by atoms with Gasteiger partial charge in [-0.15, -0.1) is 0 Å². The van der Waals surface area contributed by atoms with E-state index < -0.39 is 6.04 Å². The second-order valence-corrected chi connectivity index (χ2v) is 8.49. The molecule has 1 heterocycles. The van der Waals surface area contributed by atoms with Gasteiger partial charge >= 0.3 is 0 Å². The van der Waals surface area contributed by atoms with Crippen LogP contribution in [0.2, 0.25) is 5.02 Å². The van der Waals surface area contributed by atoms with E-state index in [9.17, 15) is 14.0 Å². The Morgan fingerprint density at radius 3 is 2.32 bits per heavy atom. The Morgan fingerprint density at radius 2 is 1.71 bits per heavy atom. The monoisotopic (exact) mass is 497 g/mol. The van der Waals surface area contributed by atoms with Crippen molar-refractivity contribution >= 4 is 52.1 Å². The predicted molar refractivity (Wildman–Crippen MR) is 134 cm³/mol. The molecule has 1 aliphatic rings. The molecule has 4 rings (SSSR count). The zero-order valence-electron chi connectivity index (χ0n) is 18.2. The first-order valence-corrected chi connectivity index (χ1v) is 11.2. The minimum absolute atomic E-state index is 0.116. The number of ether oxygens (including phenoxy) is 1. The maximum absolute atomic E-state index is 13.5. The lowest BCUT2D eigenvalue weighted by Crippen LogP contribution is -2.37. The number of halogens is 2. The van der Waals surface area contributed by atoms with Crippen LogP contribution in [0.15, 0.2) is 72.8 Å². The summed E-state index contributed by atoms with van der Waals surface area (Å²) < 4.78 is 18.6. The maximum atomic E-state index is 13.5. The van der Waals surface area contributed by atoms with Crippen LogP contribution in [0.25, 0.3) is 0 Å². The molecule has 0 bridgehead atoms. The van der Waals surface area contributed by atoms with Crippen LogP contribution >= 0.6 is 23.8 Å². The largest absolute Gasteiger partial charge is 0.497 e. The normalized spacial score (nSPS) is 15.6. The van der Waals surface area contributed by atoms with E-state index in [0.717, 1.165) is 5.56 Å². The number of nitrogens with zero attached hydrogens (tertiary/aromatic N) is 2. The van der Waals surface area contributed by atoms with E-state index in [-0.39, 0.29) is 35.7 Å². The van der Waals surface area contributed by atoms with Crippen molar-refractivity contribution in [1.82, 2.24) is 4.90 Å². The highest BCUT2D eigenvalue weighted by molar-refractivity contribution is 7.80. The number of anilines is 2. The number of nitrogens with one attached hydrogen (secondary N) is 1. The number of hydrogen-bond donors (Lipinski definition) is 1. The summed E-state index contributed by atoms with van der Waals surface area (Å²) in [6.07, 6.45) is -0.116. The van der Waals surface area contributed by atoms with Crippen LogP contribution in [0, 0.1) is 5.82 Å². The quantitative estimate of drug-likeness (QED) is 0.464. The fraction of sp³-hybridized carbons (Fsp3) is 0.160. The van der Waals surface area contributed by atoms with E-state index in [1.807, 2.05) is 0 Å². The highest BCUT2D eigenvalue weighted by Gasteiger charge is 2.44. The van der Waals surface area contributed by atoms with Gasteiger partial charge in [0.05, 0.1) is 19.2 Å². The standard InChI is InChI=1S/C25H21ClFN3O3S/c1-33-21-12-10-20(11-13-21)30-24(32)22(14-23(31)28-19-8-4-17(26)5-9-19)29(25(30)34)15-16-2-6-18(27)7-3-16/h2-13,22H,14-15H2,1H3,(H,28,31)/t22-/m0/s1. The van der Waals surface area contributed by atoms with E-state index >= 15 is 0 Å². The highest BCUT2D eigenvalue weighted by Crippen LogP contribution is 2.30. The number of rotatable bonds is 7. The average molecular weight is 498 g/mol. The molecule has 1 N–H and O–H groups in total. The van der Waals surface area contributed by atoms with Gasteiger partial charge in [-0.25, -0.2) is 4.39 Å². The summed E-state index contributed by atoms with van der Waals surface area (Å²) in [7, 11) is 1.56. The Morgan fingerprint density at radius 1 is 1.06 bits per heavy atom. The van der Waals surface area contributed by atoms with Crippen LogP contribution in [0.5, 0.6) is 5.75 Å². The first-order chi connectivity index (χ1) is 16.4. The van der Waals surface area contributed by atoms with Crippen LogP contribution in [0.3, 0.4) is 0 Å². The molecule has 0 aromatic heterocycles. The zero-order valence-corrected chi connectivity index (χ0v) is 19.8. The minimum Gasteiger partial charge on any atom is -0.497 e. The van der Waals surface area contributed by atoms with Gasteiger partial charge in [-0.2, -0.15) is 0 Å². The average Bonchev–Trinajstić information content (AvgIpc) is 3.06. The Hall–Kier alpha value is -3.49. The van der Waals surface area contributed by atoms with Gasteiger partial charge in [0.1, 0.15) is 17.6 Å². The topological polar surface area (TPSA) is 61.9 Å². The number of hydrogen-bond acceptors (Lipinski definition) is 4. The van der Waals surface area contributed by atoms with Crippen LogP contribution in [-0.2, 0) is 16.1 Å². The molecular weight excluding hydrogens is 477 g/mol. The van der Waals surface area contributed by atoms with Crippen molar-refractivity contribution < 1.29 is 18.7 Å². The molecular formula is C25H21ClFN3O3S. The van der Waals surface area contributed by atoms with Crippen molar-refractivity contribution in [2.24, 2.45) is 0 Å². The van der Waals surface area contributed by atoms with Crippen LogP contribution in [0.4, 0.5) is 15.8 Å². The van der Waals surface area contributed by atoms with Crippen LogP contribution in [0.1, 0.15) is 12.0 Å². The summed E-state index contributed by atoms with van der Waals surface area (Å²) in [5.74, 6) is -0.376. The minimum atomic E-state index is -0.827. The zero-order chi connectivity index (χ0) is 24.2. The molecule has 1 saturated heterocycles. The van der Waals surface area contributed by atoms with Crippen molar-refractivity contribution in [3.05, 3.63) is 89.2 Å². The molecule has 34 heavy (non-hydrogen) atoms. The molecule has 0 aliphatic carbocycles. The third-order valence-electron chi connectivity index (χ3n) is 5.42. The lowest BCUT2D eigenvalue weighted by atomic mass is 10.1. The van der Waals surface area contributed by atoms with E-state index in [1.54, 1.807) is 72.7 Å². The molecule has 9 heteroatoms. The molecule has 3 aromatic carbocycles.